The standard InChI is InChI=1S/C34H29BrFN5O4S2/c35-28-17-25(11-12-32(28)45-20-23-6-4-7-24(36)16-23)40-34-27-18-29(37-19-30(27)38-22-39-34)31-21-46-33(41-31)10-5-13-44-14-15-47(42,43)26-8-2-1-3-9-26/h1-4,6-9,11-12,16-19,21-22H,5,10,13-15,20H2,(H,38,39,40). The van der Waals surface area contributed by atoms with Crippen molar-refractivity contribution in [1.82, 2.24) is 19.9 Å². The smallest absolute Gasteiger partial charge is 0.180 e. The van der Waals surface area contributed by atoms with Crippen molar-refractivity contribution < 1.29 is 22.3 Å². The number of aryl methyl sites for hydroxylation is 1. The number of hydrogen-bond acceptors (Lipinski definition) is 10. The molecule has 0 amide bonds. The number of aromatic nitrogens is 4. The van der Waals surface area contributed by atoms with Crippen LogP contribution < -0.4 is 10.1 Å². The summed E-state index contributed by atoms with van der Waals surface area (Å²) in [5.41, 5.74) is 3.65. The fourth-order valence-corrected chi connectivity index (χ4v) is 7.18. The van der Waals surface area contributed by atoms with E-state index in [0.29, 0.717) is 40.7 Å². The van der Waals surface area contributed by atoms with Crippen LogP contribution in [0, 0.1) is 5.82 Å². The maximum Gasteiger partial charge on any atom is 0.180 e. The molecule has 3 aromatic heterocycles. The maximum absolute atomic E-state index is 13.5. The monoisotopic (exact) mass is 733 g/mol. The number of pyridine rings is 1. The molecule has 240 valence electrons. The zero-order valence-electron chi connectivity index (χ0n) is 25.0. The quantitative estimate of drug-likeness (QED) is 0.112. The zero-order valence-corrected chi connectivity index (χ0v) is 28.2. The fourth-order valence-electron chi connectivity index (χ4n) is 4.70. The van der Waals surface area contributed by atoms with Crippen molar-refractivity contribution in [2.24, 2.45) is 0 Å². The van der Waals surface area contributed by atoms with E-state index in [1.54, 1.807) is 53.9 Å². The summed E-state index contributed by atoms with van der Waals surface area (Å²) in [7, 11) is -3.35. The normalized spacial score (nSPS) is 11.5. The molecular formula is C34H29BrFN5O4S2. The Kier molecular flexibility index (Phi) is 10.5. The van der Waals surface area contributed by atoms with Crippen LogP contribution in [0.1, 0.15) is 17.0 Å². The Hall–Kier alpha value is -4.30. The third-order valence-corrected chi connectivity index (χ3v) is 10.3. The molecule has 0 aliphatic carbocycles. The van der Waals surface area contributed by atoms with Gasteiger partial charge in [-0.05, 0) is 76.4 Å². The third-order valence-electron chi connectivity index (χ3n) is 7.09. The van der Waals surface area contributed by atoms with Crippen LogP contribution in [0.3, 0.4) is 0 Å². The molecule has 6 aromatic rings. The molecule has 0 atom stereocenters. The molecule has 47 heavy (non-hydrogen) atoms. The summed E-state index contributed by atoms with van der Waals surface area (Å²) >= 11 is 5.11. The van der Waals surface area contributed by atoms with Crippen LogP contribution in [0.2, 0.25) is 0 Å². The highest BCUT2D eigenvalue weighted by molar-refractivity contribution is 9.10. The van der Waals surface area contributed by atoms with E-state index >= 15 is 0 Å². The number of fused-ring (bicyclic) bond motifs is 1. The first kappa shape index (κ1) is 32.6. The van der Waals surface area contributed by atoms with Crippen molar-refractivity contribution in [1.29, 1.82) is 0 Å². The predicted molar refractivity (Wildman–Crippen MR) is 184 cm³/mol. The number of benzene rings is 3. The summed E-state index contributed by atoms with van der Waals surface area (Å²) in [4.78, 5) is 18.5. The Morgan fingerprint density at radius 2 is 1.79 bits per heavy atom. The average molecular weight is 735 g/mol. The fraction of sp³-hybridized carbons (Fsp3) is 0.176. The minimum absolute atomic E-state index is 0.0539. The van der Waals surface area contributed by atoms with E-state index in [1.807, 2.05) is 35.7 Å². The van der Waals surface area contributed by atoms with Crippen molar-refractivity contribution in [2.45, 2.75) is 24.3 Å². The van der Waals surface area contributed by atoms with Crippen LogP contribution in [-0.4, -0.2) is 47.3 Å². The zero-order chi connectivity index (χ0) is 32.6. The molecule has 0 aliphatic rings. The van der Waals surface area contributed by atoms with Gasteiger partial charge in [0.1, 0.15) is 30.3 Å². The number of thiazole rings is 1. The summed E-state index contributed by atoms with van der Waals surface area (Å²) in [6, 6.07) is 22.2. The molecule has 9 nitrogen and oxygen atoms in total. The van der Waals surface area contributed by atoms with Crippen molar-refractivity contribution in [3.63, 3.8) is 0 Å². The van der Waals surface area contributed by atoms with Gasteiger partial charge >= 0.3 is 0 Å². The third kappa shape index (κ3) is 8.55. The number of rotatable bonds is 14. The Morgan fingerprint density at radius 1 is 0.915 bits per heavy atom. The number of ether oxygens (including phenoxy) is 2. The second kappa shape index (κ2) is 15.1. The number of nitrogens with one attached hydrogen (secondary N) is 1. The van der Waals surface area contributed by atoms with Gasteiger partial charge in [0.05, 0.1) is 49.8 Å². The molecule has 0 unspecified atom stereocenters. The highest BCUT2D eigenvalue weighted by atomic mass is 79.9. The molecule has 3 heterocycles. The molecule has 0 aliphatic heterocycles. The van der Waals surface area contributed by atoms with E-state index in [9.17, 15) is 12.8 Å². The van der Waals surface area contributed by atoms with E-state index < -0.39 is 9.84 Å². The molecule has 0 saturated carbocycles. The van der Waals surface area contributed by atoms with Gasteiger partial charge in [0.25, 0.3) is 0 Å². The maximum atomic E-state index is 13.5. The van der Waals surface area contributed by atoms with Crippen LogP contribution in [-0.2, 0) is 27.6 Å². The first-order chi connectivity index (χ1) is 22.8. The molecule has 6 rings (SSSR count). The van der Waals surface area contributed by atoms with Crippen LogP contribution in [0.5, 0.6) is 5.75 Å². The predicted octanol–water partition coefficient (Wildman–Crippen LogP) is 7.80. The second-order valence-corrected chi connectivity index (χ2v) is 14.4. The number of hydrogen-bond donors (Lipinski definition) is 1. The molecule has 0 radical (unpaired) electrons. The minimum Gasteiger partial charge on any atom is -0.488 e. The number of nitrogens with zero attached hydrogens (tertiary/aromatic N) is 4. The average Bonchev–Trinajstić information content (AvgIpc) is 3.55. The van der Waals surface area contributed by atoms with Crippen molar-refractivity contribution in [2.75, 3.05) is 24.3 Å². The molecule has 0 saturated heterocycles. The molecule has 0 spiro atoms. The SMILES string of the molecule is O=S(=O)(CCOCCCc1nc(-c2cc3c(Nc4ccc(OCc5cccc(F)c5)c(Br)c4)ncnc3cn2)cs1)c1ccccc1. The molecule has 0 fully saturated rings. The lowest BCUT2D eigenvalue weighted by molar-refractivity contribution is 0.146. The molecule has 3 aromatic carbocycles. The van der Waals surface area contributed by atoms with E-state index in [4.69, 9.17) is 14.5 Å². The lowest BCUT2D eigenvalue weighted by Gasteiger charge is -2.12. The van der Waals surface area contributed by atoms with Crippen LogP contribution in [0.25, 0.3) is 22.3 Å². The first-order valence-electron chi connectivity index (χ1n) is 14.7. The number of halogens is 2. The molecule has 0 bridgehead atoms. The second-order valence-electron chi connectivity index (χ2n) is 10.5. The minimum atomic E-state index is -3.35. The first-order valence-corrected chi connectivity index (χ1v) is 18.0. The Labute approximate surface area is 283 Å². The van der Waals surface area contributed by atoms with E-state index in [0.717, 1.165) is 38.2 Å². The topological polar surface area (TPSA) is 116 Å². The lowest BCUT2D eigenvalue weighted by atomic mass is 10.2. The summed E-state index contributed by atoms with van der Waals surface area (Å²) in [5, 5.41) is 7.05. The Morgan fingerprint density at radius 3 is 2.62 bits per heavy atom. The van der Waals surface area contributed by atoms with Crippen molar-refractivity contribution in [3.8, 4) is 17.1 Å². The van der Waals surface area contributed by atoms with Gasteiger partial charge in [0.2, 0.25) is 0 Å². The lowest BCUT2D eigenvalue weighted by Crippen LogP contribution is -2.13. The van der Waals surface area contributed by atoms with E-state index in [2.05, 4.69) is 36.2 Å². The number of anilines is 2. The number of sulfone groups is 1. The van der Waals surface area contributed by atoms with Gasteiger partial charge in [0.15, 0.2) is 9.84 Å². The highest BCUT2D eigenvalue weighted by Crippen LogP contribution is 2.32. The van der Waals surface area contributed by atoms with Gasteiger partial charge in [0, 0.05) is 29.5 Å². The largest absolute Gasteiger partial charge is 0.488 e. The van der Waals surface area contributed by atoms with Gasteiger partial charge in [-0.3, -0.25) is 4.98 Å². The van der Waals surface area contributed by atoms with Crippen molar-refractivity contribution >= 4 is 59.5 Å². The van der Waals surface area contributed by atoms with Crippen LogP contribution in [0.15, 0.2) is 106 Å². The Balaban J connectivity index is 1.05. The van der Waals surface area contributed by atoms with Gasteiger partial charge in [-0.2, -0.15) is 0 Å². The Bertz CT molecular complexity index is 2100. The van der Waals surface area contributed by atoms with Gasteiger partial charge in [-0.1, -0.05) is 30.3 Å². The van der Waals surface area contributed by atoms with Crippen LogP contribution >= 0.6 is 27.3 Å². The van der Waals surface area contributed by atoms with E-state index in [1.165, 1.54) is 18.5 Å². The van der Waals surface area contributed by atoms with E-state index in [-0.39, 0.29) is 24.8 Å². The van der Waals surface area contributed by atoms with Gasteiger partial charge < -0.3 is 14.8 Å². The highest BCUT2D eigenvalue weighted by Gasteiger charge is 2.14. The summed E-state index contributed by atoms with van der Waals surface area (Å²) in [6.07, 6.45) is 4.61. The van der Waals surface area contributed by atoms with Crippen molar-refractivity contribution in [3.05, 3.63) is 118 Å². The van der Waals surface area contributed by atoms with Crippen LogP contribution in [0.4, 0.5) is 15.9 Å². The molecule has 1 N–H and O–H groups in total. The molecular weight excluding hydrogens is 705 g/mol. The van der Waals surface area contributed by atoms with Gasteiger partial charge in [-0.25, -0.2) is 27.8 Å². The van der Waals surface area contributed by atoms with Gasteiger partial charge in [-0.15, -0.1) is 11.3 Å². The summed E-state index contributed by atoms with van der Waals surface area (Å²) in [5.74, 6) is 0.882. The molecule has 13 heteroatoms. The summed E-state index contributed by atoms with van der Waals surface area (Å²) < 4.78 is 50.5. The summed E-state index contributed by atoms with van der Waals surface area (Å²) in [6.45, 7) is 0.824.